The fourth-order valence-corrected chi connectivity index (χ4v) is 5.03. The van der Waals surface area contributed by atoms with E-state index in [0.29, 0.717) is 23.1 Å². The molecular formula is C26H26ClF4N5O3. The van der Waals surface area contributed by atoms with Crippen LogP contribution in [-0.2, 0) is 9.59 Å². The maximum Gasteiger partial charge on any atom is 0.471 e. The minimum Gasteiger partial charge on any atom is -0.349 e. The molecule has 13 heteroatoms. The molecular weight excluding hydrogens is 542 g/mol. The molecule has 0 spiro atoms. The molecule has 0 bridgehead atoms. The Morgan fingerprint density at radius 3 is 2.59 bits per heavy atom. The number of nitrogens with one attached hydrogen (secondary N) is 2. The minimum atomic E-state index is -5.17. The molecule has 0 radical (unpaired) electrons. The normalized spacial score (nSPS) is 18.7. The summed E-state index contributed by atoms with van der Waals surface area (Å²) in [6.07, 6.45) is -0.0264. The summed E-state index contributed by atoms with van der Waals surface area (Å²) in [7, 11) is 0. The number of piperidine rings is 1. The molecule has 4 rings (SSSR count). The molecule has 0 aliphatic carbocycles. The fourth-order valence-electron chi connectivity index (χ4n) is 4.80. The summed E-state index contributed by atoms with van der Waals surface area (Å²) in [5.74, 6) is -5.21. The third kappa shape index (κ3) is 6.32. The second-order valence-corrected chi connectivity index (χ2v) is 10.2. The van der Waals surface area contributed by atoms with Crippen molar-refractivity contribution in [2.45, 2.75) is 44.4 Å². The van der Waals surface area contributed by atoms with E-state index in [0.717, 1.165) is 6.07 Å². The molecule has 8 nitrogen and oxygen atoms in total. The molecule has 1 aromatic carbocycles. The van der Waals surface area contributed by atoms with Crippen molar-refractivity contribution in [3.05, 3.63) is 71.0 Å². The molecule has 2 aromatic heterocycles. The van der Waals surface area contributed by atoms with Crippen molar-refractivity contribution < 1.29 is 31.9 Å². The van der Waals surface area contributed by atoms with Crippen molar-refractivity contribution in [3.63, 3.8) is 0 Å². The van der Waals surface area contributed by atoms with Gasteiger partial charge in [-0.25, -0.2) is 9.37 Å². The van der Waals surface area contributed by atoms with Crippen LogP contribution in [0.1, 0.15) is 42.1 Å². The monoisotopic (exact) mass is 567 g/mol. The van der Waals surface area contributed by atoms with Gasteiger partial charge in [-0.15, -0.1) is 0 Å². The Morgan fingerprint density at radius 1 is 1.18 bits per heavy atom. The van der Waals surface area contributed by atoms with Gasteiger partial charge in [-0.2, -0.15) is 13.2 Å². The van der Waals surface area contributed by atoms with Crippen molar-refractivity contribution >= 4 is 34.8 Å². The van der Waals surface area contributed by atoms with E-state index >= 15 is 0 Å². The third-order valence-electron chi connectivity index (χ3n) is 6.72. The first-order valence-electron chi connectivity index (χ1n) is 12.2. The number of aromatic nitrogens is 2. The Kier molecular flexibility index (Phi) is 8.15. The predicted octanol–water partition coefficient (Wildman–Crippen LogP) is 3.94. The molecule has 208 valence electrons. The van der Waals surface area contributed by atoms with Gasteiger partial charge in [0.1, 0.15) is 11.9 Å². The van der Waals surface area contributed by atoms with Crippen molar-refractivity contribution in [2.75, 3.05) is 13.1 Å². The molecule has 39 heavy (non-hydrogen) atoms. The summed E-state index contributed by atoms with van der Waals surface area (Å²) in [6, 6.07) is 4.97. The van der Waals surface area contributed by atoms with E-state index in [1.807, 2.05) is 0 Å². The van der Waals surface area contributed by atoms with Gasteiger partial charge < -0.3 is 19.9 Å². The fraction of sp³-hybridized carbons (Fsp3) is 0.385. The molecule has 0 unspecified atom stereocenters. The average molecular weight is 568 g/mol. The summed E-state index contributed by atoms with van der Waals surface area (Å²) < 4.78 is 54.6. The summed E-state index contributed by atoms with van der Waals surface area (Å²) in [5, 5.41) is 4.60. The molecule has 1 aliphatic heterocycles. The number of imidazole rings is 1. The summed E-state index contributed by atoms with van der Waals surface area (Å²) >= 11 is 6.06. The second kappa shape index (κ2) is 11.2. The van der Waals surface area contributed by atoms with Crippen molar-refractivity contribution in [2.24, 2.45) is 5.92 Å². The van der Waals surface area contributed by atoms with Gasteiger partial charge >= 0.3 is 12.1 Å². The zero-order chi connectivity index (χ0) is 28.5. The van der Waals surface area contributed by atoms with Gasteiger partial charge in [-0.3, -0.25) is 14.4 Å². The van der Waals surface area contributed by atoms with Gasteiger partial charge in [0.05, 0.1) is 29.6 Å². The summed E-state index contributed by atoms with van der Waals surface area (Å²) in [6.45, 7) is 3.23. The van der Waals surface area contributed by atoms with Gasteiger partial charge in [0.15, 0.2) is 0 Å². The number of fused-ring (bicyclic) bond motifs is 1. The number of alkyl halides is 3. The lowest BCUT2D eigenvalue weighted by molar-refractivity contribution is -0.175. The SMILES string of the molecule is CC(C)[C@H](NC(=O)C(F)(F)F)C(=O)N[C@@H]1CN(C(=O)c2cccn3cncc23)CC[C@H]1c1cc(F)cc(Cl)c1. The van der Waals surface area contributed by atoms with Gasteiger partial charge in [-0.1, -0.05) is 25.4 Å². The lowest BCUT2D eigenvalue weighted by Gasteiger charge is -2.40. The van der Waals surface area contributed by atoms with E-state index < -0.39 is 47.7 Å². The number of amides is 3. The Morgan fingerprint density at radius 2 is 1.92 bits per heavy atom. The van der Waals surface area contributed by atoms with Crippen LogP contribution in [-0.4, -0.2) is 63.4 Å². The number of likely N-dealkylation sites (tertiary alicyclic amines) is 1. The first-order chi connectivity index (χ1) is 18.3. The van der Waals surface area contributed by atoms with E-state index in [1.54, 1.807) is 46.6 Å². The van der Waals surface area contributed by atoms with E-state index in [2.05, 4.69) is 10.3 Å². The van der Waals surface area contributed by atoms with Gasteiger partial charge in [0.25, 0.3) is 5.91 Å². The van der Waals surface area contributed by atoms with Crippen LogP contribution in [0.2, 0.25) is 5.02 Å². The van der Waals surface area contributed by atoms with Crippen LogP contribution in [0.3, 0.4) is 0 Å². The molecule has 3 amide bonds. The van der Waals surface area contributed by atoms with Gasteiger partial charge in [0.2, 0.25) is 5.91 Å². The molecule has 1 saturated heterocycles. The number of benzene rings is 1. The zero-order valence-corrected chi connectivity index (χ0v) is 21.8. The topological polar surface area (TPSA) is 95.8 Å². The number of carbonyl (C=O) groups excluding carboxylic acids is 3. The van der Waals surface area contributed by atoms with Crippen LogP contribution in [0.15, 0.2) is 49.1 Å². The highest BCUT2D eigenvalue weighted by atomic mass is 35.5. The Balaban J connectivity index is 1.63. The van der Waals surface area contributed by atoms with Crippen LogP contribution < -0.4 is 10.6 Å². The molecule has 1 aliphatic rings. The molecule has 1 fully saturated rings. The lowest BCUT2D eigenvalue weighted by atomic mass is 9.84. The van der Waals surface area contributed by atoms with Gasteiger partial charge in [-0.05, 0) is 48.2 Å². The van der Waals surface area contributed by atoms with Crippen LogP contribution in [0.5, 0.6) is 0 Å². The number of nitrogens with zero attached hydrogens (tertiary/aromatic N) is 3. The summed E-state index contributed by atoms with van der Waals surface area (Å²) in [4.78, 5) is 43.9. The largest absolute Gasteiger partial charge is 0.471 e. The highest BCUT2D eigenvalue weighted by molar-refractivity contribution is 6.30. The highest BCUT2D eigenvalue weighted by Crippen LogP contribution is 2.32. The molecule has 2 N–H and O–H groups in total. The Hall–Kier alpha value is -3.67. The van der Waals surface area contributed by atoms with Crippen molar-refractivity contribution in [1.82, 2.24) is 24.9 Å². The first kappa shape index (κ1) is 28.3. The molecule has 0 saturated carbocycles. The molecule has 3 heterocycles. The molecule has 3 atom stereocenters. The van der Waals surface area contributed by atoms with Crippen LogP contribution >= 0.6 is 11.6 Å². The van der Waals surface area contributed by atoms with Crippen LogP contribution in [0.4, 0.5) is 17.6 Å². The second-order valence-electron chi connectivity index (χ2n) is 9.77. The Bertz CT molecular complexity index is 1370. The maximum absolute atomic E-state index is 14.2. The van der Waals surface area contributed by atoms with E-state index in [-0.39, 0.29) is 24.0 Å². The smallest absolute Gasteiger partial charge is 0.349 e. The highest BCUT2D eigenvalue weighted by Gasteiger charge is 2.42. The molecule has 3 aromatic rings. The first-order valence-corrected chi connectivity index (χ1v) is 12.6. The zero-order valence-electron chi connectivity index (χ0n) is 21.0. The number of carbonyl (C=O) groups is 3. The van der Waals surface area contributed by atoms with Crippen molar-refractivity contribution in [1.29, 1.82) is 0 Å². The van der Waals surface area contributed by atoms with E-state index in [4.69, 9.17) is 11.6 Å². The number of hydrogen-bond donors (Lipinski definition) is 2. The van der Waals surface area contributed by atoms with E-state index in [1.165, 1.54) is 24.8 Å². The van der Waals surface area contributed by atoms with Crippen molar-refractivity contribution in [3.8, 4) is 0 Å². The third-order valence-corrected chi connectivity index (χ3v) is 6.93. The summed E-state index contributed by atoms with van der Waals surface area (Å²) in [5.41, 5.74) is 1.43. The van der Waals surface area contributed by atoms with Crippen LogP contribution in [0.25, 0.3) is 5.52 Å². The van der Waals surface area contributed by atoms with Crippen LogP contribution in [0, 0.1) is 11.7 Å². The average Bonchev–Trinajstić information content (AvgIpc) is 3.34. The minimum absolute atomic E-state index is 0.0173. The number of pyridine rings is 1. The van der Waals surface area contributed by atoms with E-state index in [9.17, 15) is 31.9 Å². The number of rotatable bonds is 6. The number of halogens is 5. The lowest BCUT2D eigenvalue weighted by Crippen LogP contribution is -2.59. The Labute approximate surface area is 226 Å². The predicted molar refractivity (Wildman–Crippen MR) is 135 cm³/mol. The van der Waals surface area contributed by atoms with Gasteiger partial charge in [0, 0.05) is 30.2 Å². The number of hydrogen-bond acceptors (Lipinski definition) is 4. The standard InChI is InChI=1S/C26H26ClF4N5O3/c1-14(2)22(34-25(39)26(29,30)31)23(37)33-20-12-35(7-5-18(20)15-8-16(27)10-17(28)9-15)24(38)19-4-3-6-36-13-32-11-21(19)36/h3-4,6,8-11,13-14,18,20,22H,5,7,12H2,1-2H3,(H,33,37)(H,34,39)/t18-,20+,22-/m0/s1. The maximum atomic E-state index is 14.2. The quantitative estimate of drug-likeness (QED) is 0.441.